The summed E-state index contributed by atoms with van der Waals surface area (Å²) in [6.45, 7) is 3.59. The summed E-state index contributed by atoms with van der Waals surface area (Å²) in [7, 11) is -4.40. The second-order valence-electron chi connectivity index (χ2n) is 18.1. The van der Waals surface area contributed by atoms with Crippen LogP contribution >= 0.6 is 7.82 Å². The highest BCUT2D eigenvalue weighted by Gasteiger charge is 2.26. The van der Waals surface area contributed by atoms with E-state index in [1.165, 1.54) is 116 Å². The fraction of sp³-hybridized carbons (Fsp3) is 0.695. The number of phosphoric acid groups is 1. The Morgan fingerprint density at radius 3 is 1.19 bits per heavy atom. The number of hydrogen-bond acceptors (Lipinski definition) is 8. The minimum atomic E-state index is -4.40. The topological polar surface area (TPSA) is 134 Å². The largest absolute Gasteiger partial charge is 0.472 e. The van der Waals surface area contributed by atoms with Gasteiger partial charge in [0.1, 0.15) is 6.61 Å². The first-order valence-electron chi connectivity index (χ1n) is 27.7. The molecule has 0 aromatic carbocycles. The van der Waals surface area contributed by atoms with Crippen molar-refractivity contribution in [1.29, 1.82) is 0 Å². The number of rotatable bonds is 51. The predicted molar refractivity (Wildman–Crippen MR) is 293 cm³/mol. The smallest absolute Gasteiger partial charge is 0.462 e. The number of esters is 2. The van der Waals surface area contributed by atoms with Gasteiger partial charge in [0.2, 0.25) is 0 Å². The molecule has 9 nitrogen and oxygen atoms in total. The summed E-state index contributed by atoms with van der Waals surface area (Å²) in [5.41, 5.74) is 5.37. The van der Waals surface area contributed by atoms with E-state index >= 15 is 0 Å². The molecule has 0 bridgehead atoms. The molecule has 2 atom stereocenters. The lowest BCUT2D eigenvalue weighted by Gasteiger charge is -2.19. The Kier molecular flexibility index (Phi) is 51.9. The third kappa shape index (κ3) is 54.1. The number of nitrogens with two attached hydrogens (primary N) is 1. The van der Waals surface area contributed by atoms with E-state index in [-0.39, 0.29) is 32.6 Å². The molecule has 0 saturated heterocycles. The van der Waals surface area contributed by atoms with Crippen LogP contribution in [0.3, 0.4) is 0 Å². The zero-order valence-electron chi connectivity index (χ0n) is 44.0. The molecule has 0 rings (SSSR count). The summed E-state index contributed by atoms with van der Waals surface area (Å²) in [5, 5.41) is 0. The lowest BCUT2D eigenvalue weighted by molar-refractivity contribution is -0.161. The zero-order valence-corrected chi connectivity index (χ0v) is 44.9. The van der Waals surface area contributed by atoms with Crippen molar-refractivity contribution in [2.24, 2.45) is 5.73 Å². The molecule has 0 saturated carbocycles. The fourth-order valence-corrected chi connectivity index (χ4v) is 8.18. The second kappa shape index (κ2) is 54.3. The van der Waals surface area contributed by atoms with Gasteiger partial charge in [-0.1, -0.05) is 239 Å². The van der Waals surface area contributed by atoms with Crippen LogP contribution in [0.5, 0.6) is 0 Å². The molecular weight excluding hydrogens is 882 g/mol. The number of allylic oxidation sites excluding steroid dienone is 16. The van der Waals surface area contributed by atoms with Crippen LogP contribution in [-0.4, -0.2) is 49.3 Å². The molecule has 0 fully saturated rings. The molecule has 0 heterocycles. The van der Waals surface area contributed by atoms with E-state index in [2.05, 4.69) is 111 Å². The van der Waals surface area contributed by atoms with Crippen LogP contribution in [0.4, 0.5) is 0 Å². The lowest BCUT2D eigenvalue weighted by Crippen LogP contribution is -2.29. The van der Waals surface area contributed by atoms with Crippen molar-refractivity contribution in [3.8, 4) is 0 Å². The van der Waals surface area contributed by atoms with Gasteiger partial charge in [0.05, 0.1) is 13.2 Å². The molecule has 0 aromatic rings. The molecule has 69 heavy (non-hydrogen) atoms. The van der Waals surface area contributed by atoms with Crippen molar-refractivity contribution in [2.75, 3.05) is 26.4 Å². The first kappa shape index (κ1) is 65.9. The molecular formula is C59H102NO8P. The van der Waals surface area contributed by atoms with E-state index in [0.29, 0.717) is 6.42 Å². The van der Waals surface area contributed by atoms with Gasteiger partial charge in [0.25, 0.3) is 0 Å². The first-order valence-corrected chi connectivity index (χ1v) is 29.2. The van der Waals surface area contributed by atoms with Crippen LogP contribution in [0.1, 0.15) is 232 Å². The minimum Gasteiger partial charge on any atom is -0.462 e. The van der Waals surface area contributed by atoms with Crippen LogP contribution in [0.25, 0.3) is 0 Å². The summed E-state index contributed by atoms with van der Waals surface area (Å²) in [5.74, 6) is -0.878. The van der Waals surface area contributed by atoms with Crippen LogP contribution in [0, 0.1) is 0 Å². The predicted octanol–water partition coefficient (Wildman–Crippen LogP) is 17.3. The maximum absolute atomic E-state index is 12.7. The Bertz CT molecular complexity index is 1450. The molecule has 10 heteroatoms. The van der Waals surface area contributed by atoms with Gasteiger partial charge < -0.3 is 20.1 Å². The van der Waals surface area contributed by atoms with Gasteiger partial charge in [-0.2, -0.15) is 0 Å². The summed E-state index contributed by atoms with van der Waals surface area (Å²) in [4.78, 5) is 35.1. The molecule has 0 radical (unpaired) electrons. The van der Waals surface area contributed by atoms with E-state index in [9.17, 15) is 19.0 Å². The number of carbonyl (C=O) groups excluding carboxylic acids is 2. The standard InChI is InChI=1S/C59H102NO8P/c1-3-5-7-9-11-13-15-17-19-21-23-25-26-27-28-29-30-32-34-36-38-40-42-44-46-48-50-52-59(62)68-57(56-67-69(63,64)66-54-53-60)55-65-58(61)51-49-47-45-43-41-39-37-35-33-31-24-22-20-18-16-14-12-10-8-6-4-2/h5,7,11,13,17,19,23,25,27-28,30,32,36,38,42,44,57H,3-4,6,8-10,12,14-16,18,20-22,24,26,29,31,33-35,37,39-41,43,45-56,60H2,1-2H3,(H,63,64)/b7-5-,13-11-,19-17-,25-23-,28-27-,32-30-,38-36-,44-42-. The van der Waals surface area contributed by atoms with Gasteiger partial charge in [0.15, 0.2) is 6.10 Å². The molecule has 0 spiro atoms. The van der Waals surface area contributed by atoms with E-state index < -0.39 is 32.5 Å². The van der Waals surface area contributed by atoms with Crippen molar-refractivity contribution in [2.45, 2.75) is 238 Å². The number of carbonyl (C=O) groups is 2. The van der Waals surface area contributed by atoms with Gasteiger partial charge in [0, 0.05) is 19.4 Å². The Morgan fingerprint density at radius 1 is 0.449 bits per heavy atom. The fourth-order valence-electron chi connectivity index (χ4n) is 7.42. The van der Waals surface area contributed by atoms with E-state index in [1.807, 2.05) is 0 Å². The van der Waals surface area contributed by atoms with Gasteiger partial charge in [-0.05, 0) is 77.0 Å². The molecule has 0 aromatic heterocycles. The summed E-state index contributed by atoms with van der Waals surface area (Å²) in [6, 6.07) is 0. The van der Waals surface area contributed by atoms with Crippen molar-refractivity contribution >= 4 is 19.8 Å². The minimum absolute atomic E-state index is 0.0421. The van der Waals surface area contributed by atoms with E-state index in [4.69, 9.17) is 24.3 Å². The second-order valence-corrected chi connectivity index (χ2v) is 19.5. The monoisotopic (exact) mass is 984 g/mol. The van der Waals surface area contributed by atoms with Crippen molar-refractivity contribution in [3.63, 3.8) is 0 Å². The van der Waals surface area contributed by atoms with Crippen molar-refractivity contribution in [3.05, 3.63) is 97.2 Å². The molecule has 0 aliphatic rings. The molecule has 0 amide bonds. The van der Waals surface area contributed by atoms with E-state index in [1.54, 1.807) is 0 Å². The highest BCUT2D eigenvalue weighted by atomic mass is 31.2. The lowest BCUT2D eigenvalue weighted by atomic mass is 10.0. The van der Waals surface area contributed by atoms with Crippen LogP contribution in [-0.2, 0) is 32.7 Å². The van der Waals surface area contributed by atoms with Crippen LogP contribution in [0.15, 0.2) is 97.2 Å². The Labute approximate surface area is 423 Å². The van der Waals surface area contributed by atoms with Gasteiger partial charge in [-0.3, -0.25) is 18.6 Å². The molecule has 0 aliphatic carbocycles. The van der Waals surface area contributed by atoms with Gasteiger partial charge >= 0.3 is 19.8 Å². The summed E-state index contributed by atoms with van der Waals surface area (Å²) < 4.78 is 32.9. The molecule has 396 valence electrons. The molecule has 3 N–H and O–H groups in total. The van der Waals surface area contributed by atoms with Crippen molar-refractivity contribution < 1.29 is 37.6 Å². The maximum atomic E-state index is 12.7. The quantitative estimate of drug-likeness (QED) is 0.0264. The highest BCUT2D eigenvalue weighted by molar-refractivity contribution is 7.47. The molecule has 0 aliphatic heterocycles. The summed E-state index contributed by atoms with van der Waals surface area (Å²) >= 11 is 0. The first-order chi connectivity index (χ1) is 33.8. The maximum Gasteiger partial charge on any atom is 0.472 e. The van der Waals surface area contributed by atoms with Crippen molar-refractivity contribution in [1.82, 2.24) is 0 Å². The average Bonchev–Trinajstić information content (AvgIpc) is 3.34. The Morgan fingerprint density at radius 2 is 0.797 bits per heavy atom. The summed E-state index contributed by atoms with van der Waals surface area (Å²) in [6.07, 6.45) is 71.7. The Hall–Kier alpha value is -3.07. The average molecular weight is 984 g/mol. The third-order valence-corrected chi connectivity index (χ3v) is 12.5. The normalized spacial score (nSPS) is 13.9. The molecule has 2 unspecified atom stereocenters. The third-order valence-electron chi connectivity index (χ3n) is 11.5. The van der Waals surface area contributed by atoms with Crippen LogP contribution in [0.2, 0.25) is 0 Å². The number of unbranched alkanes of at least 4 members (excludes halogenated alkanes) is 22. The van der Waals surface area contributed by atoms with Crippen LogP contribution < -0.4 is 5.73 Å². The number of phosphoric ester groups is 1. The SMILES string of the molecule is CC/C=C\C/C=C\C/C=C\C/C=C\C/C=C\C/C=C\C/C=C\C/C=C\CCCCC(=O)OC(COC(=O)CCCCCCCCCCCCCCCCCCCCCCC)COP(=O)(O)OCCN. The number of ether oxygens (including phenoxy) is 2. The van der Waals surface area contributed by atoms with E-state index in [0.717, 1.165) is 83.5 Å². The Balaban J connectivity index is 4.12. The van der Waals surface area contributed by atoms with Gasteiger partial charge in [-0.25, -0.2) is 4.57 Å². The highest BCUT2D eigenvalue weighted by Crippen LogP contribution is 2.43. The number of hydrogen-bond donors (Lipinski definition) is 2. The van der Waals surface area contributed by atoms with Gasteiger partial charge in [-0.15, -0.1) is 0 Å². The zero-order chi connectivity index (χ0) is 50.2.